The zero-order valence-electron chi connectivity index (χ0n) is 18.5. The minimum atomic E-state index is -4.17. The molecule has 0 radical (unpaired) electrons. The van der Waals surface area contributed by atoms with E-state index in [4.69, 9.17) is 23.8 Å². The maximum atomic E-state index is 13.4. The van der Waals surface area contributed by atoms with Gasteiger partial charge in [0.25, 0.3) is 5.56 Å². The van der Waals surface area contributed by atoms with E-state index < -0.39 is 43.5 Å². The molecule has 0 spiro atoms. The predicted molar refractivity (Wildman–Crippen MR) is 116 cm³/mol. The summed E-state index contributed by atoms with van der Waals surface area (Å²) >= 11 is 0. The van der Waals surface area contributed by atoms with Crippen LogP contribution in [0.5, 0.6) is 5.75 Å². The van der Waals surface area contributed by atoms with Crippen LogP contribution in [0.4, 0.5) is 0 Å². The molecule has 0 amide bonds. The highest BCUT2D eigenvalue weighted by Crippen LogP contribution is 2.45. The average molecular weight is 494 g/mol. The molecule has 1 fully saturated rings. The first-order valence-electron chi connectivity index (χ1n) is 10.0. The number of aromatic amines is 1. The molecule has 1 aliphatic heterocycles. The van der Waals surface area contributed by atoms with Crippen molar-refractivity contribution in [1.82, 2.24) is 14.6 Å². The topological polar surface area (TPSA) is 171 Å². The van der Waals surface area contributed by atoms with Gasteiger partial charge in [0.15, 0.2) is 12.5 Å². The van der Waals surface area contributed by atoms with Gasteiger partial charge in [0.2, 0.25) is 0 Å². The molecule has 1 saturated heterocycles. The molecular formula is C20H23N4O9P. The Bertz CT molecular complexity index is 1230. The fourth-order valence-corrected chi connectivity index (χ4v) is 4.40. The van der Waals surface area contributed by atoms with E-state index in [1.165, 1.54) is 56.0 Å². The van der Waals surface area contributed by atoms with Crippen LogP contribution in [0.1, 0.15) is 24.3 Å². The van der Waals surface area contributed by atoms with Crippen LogP contribution in [0.25, 0.3) is 0 Å². The van der Waals surface area contributed by atoms with E-state index in [2.05, 4.69) is 14.8 Å². The second-order valence-corrected chi connectivity index (χ2v) is 8.92. The molecule has 34 heavy (non-hydrogen) atoms. The Kier molecular flexibility index (Phi) is 8.03. The van der Waals surface area contributed by atoms with Gasteiger partial charge in [0.05, 0.1) is 25.3 Å². The van der Waals surface area contributed by atoms with Gasteiger partial charge in [-0.2, -0.15) is 10.3 Å². The molecular weight excluding hydrogens is 471 g/mol. The van der Waals surface area contributed by atoms with E-state index >= 15 is 0 Å². The van der Waals surface area contributed by atoms with Gasteiger partial charge in [0.1, 0.15) is 18.4 Å². The lowest BCUT2D eigenvalue weighted by atomic mass is 10.2. The lowest BCUT2D eigenvalue weighted by Gasteiger charge is -2.23. The van der Waals surface area contributed by atoms with Crippen molar-refractivity contribution in [1.29, 1.82) is 5.26 Å². The Balaban J connectivity index is 1.71. The molecule has 182 valence electrons. The van der Waals surface area contributed by atoms with Crippen molar-refractivity contribution in [2.75, 3.05) is 20.3 Å². The summed E-state index contributed by atoms with van der Waals surface area (Å²) in [5.74, 6) is -0.582. The van der Waals surface area contributed by atoms with Gasteiger partial charge >= 0.3 is 19.4 Å². The smallest absolute Gasteiger partial charge is 0.459 e. The molecule has 1 aliphatic rings. The number of benzene rings is 1. The fraction of sp³-hybridized carbons (Fsp3) is 0.400. The molecule has 2 heterocycles. The molecule has 3 rings (SSSR count). The number of methoxy groups -OCH3 is 1. The molecule has 0 aliphatic carbocycles. The number of aromatic nitrogens is 2. The molecule has 1 aromatic heterocycles. The first-order chi connectivity index (χ1) is 16.1. The Morgan fingerprint density at radius 1 is 1.38 bits per heavy atom. The van der Waals surface area contributed by atoms with Gasteiger partial charge in [-0.3, -0.25) is 23.7 Å². The molecule has 14 heteroatoms. The van der Waals surface area contributed by atoms with Crippen molar-refractivity contribution in [3.63, 3.8) is 0 Å². The first-order valence-corrected chi connectivity index (χ1v) is 11.6. The van der Waals surface area contributed by atoms with E-state index in [-0.39, 0.29) is 19.0 Å². The highest BCUT2D eigenvalue weighted by atomic mass is 31.2. The third-order valence-corrected chi connectivity index (χ3v) is 6.33. The normalized spacial score (nSPS) is 20.2. The number of hydrogen-bond acceptors (Lipinski definition) is 10. The zero-order chi connectivity index (χ0) is 24.9. The van der Waals surface area contributed by atoms with Crippen molar-refractivity contribution >= 4 is 13.7 Å². The van der Waals surface area contributed by atoms with Crippen LogP contribution in [0.15, 0.2) is 40.1 Å². The standard InChI is InChI=1S/C20H23N4O9P/c1-12-9-24(20(27)22-18(12)25)16-10-30-17(32-16)11-31-34(28,23-13(2)19(26)29-3)33-15-6-4-14(8-21)5-7-15/h4-7,9,13,16-17H,10-11H2,1-3H3,(H,23,28)(H,22,25,27)/t13-,16+,17+,34?/m0/s1. The number of nitrogens with one attached hydrogen (secondary N) is 2. The number of carbonyl (C=O) groups excluding carboxylic acids is 1. The minimum Gasteiger partial charge on any atom is -0.468 e. The summed E-state index contributed by atoms with van der Waals surface area (Å²) in [5, 5.41) is 11.4. The number of ether oxygens (including phenoxy) is 3. The lowest BCUT2D eigenvalue weighted by Crippen LogP contribution is -2.35. The summed E-state index contributed by atoms with van der Waals surface area (Å²) in [6.07, 6.45) is -0.536. The molecule has 4 atom stereocenters. The number of esters is 1. The first kappa shape index (κ1) is 25.4. The van der Waals surface area contributed by atoms with Crippen LogP contribution in [0.2, 0.25) is 0 Å². The van der Waals surface area contributed by atoms with Crippen LogP contribution in [0, 0.1) is 18.3 Å². The second-order valence-electron chi connectivity index (χ2n) is 7.23. The summed E-state index contributed by atoms with van der Waals surface area (Å²) in [5.41, 5.74) is -0.504. The van der Waals surface area contributed by atoms with Crippen molar-refractivity contribution in [3.8, 4) is 11.8 Å². The Morgan fingerprint density at radius 3 is 2.74 bits per heavy atom. The highest BCUT2D eigenvalue weighted by Gasteiger charge is 2.36. The van der Waals surface area contributed by atoms with Crippen LogP contribution in [0.3, 0.4) is 0 Å². The van der Waals surface area contributed by atoms with E-state index in [0.29, 0.717) is 11.1 Å². The summed E-state index contributed by atoms with van der Waals surface area (Å²) in [4.78, 5) is 37.6. The summed E-state index contributed by atoms with van der Waals surface area (Å²) in [6.45, 7) is 2.53. The predicted octanol–water partition coefficient (Wildman–Crippen LogP) is 0.943. The van der Waals surface area contributed by atoms with Crippen LogP contribution in [-0.2, 0) is 28.1 Å². The summed E-state index contributed by atoms with van der Waals surface area (Å²) in [7, 11) is -2.99. The lowest BCUT2D eigenvalue weighted by molar-refractivity contribution is -0.142. The number of nitriles is 1. The molecule has 2 aromatic rings. The van der Waals surface area contributed by atoms with Gasteiger partial charge in [-0.15, -0.1) is 0 Å². The maximum absolute atomic E-state index is 13.4. The van der Waals surface area contributed by atoms with Crippen molar-refractivity contribution in [2.45, 2.75) is 32.4 Å². The summed E-state index contributed by atoms with van der Waals surface area (Å²) < 4.78 is 41.2. The fourth-order valence-electron chi connectivity index (χ4n) is 2.92. The van der Waals surface area contributed by atoms with Crippen molar-refractivity contribution in [3.05, 3.63) is 62.4 Å². The van der Waals surface area contributed by atoms with E-state index in [0.717, 1.165) is 0 Å². The third kappa shape index (κ3) is 6.19. The SMILES string of the molecule is COC(=O)[C@H](C)NP(=O)(OC[C@@H]1OC[C@H](n2cc(C)c(=O)[nH]c2=O)O1)Oc1ccc(C#N)cc1. The van der Waals surface area contributed by atoms with Gasteiger partial charge < -0.3 is 18.7 Å². The van der Waals surface area contributed by atoms with E-state index in [1.807, 2.05) is 6.07 Å². The zero-order valence-corrected chi connectivity index (χ0v) is 19.4. The van der Waals surface area contributed by atoms with Crippen LogP contribution in [-0.4, -0.2) is 48.2 Å². The molecule has 1 unspecified atom stereocenters. The largest absolute Gasteiger partial charge is 0.468 e. The average Bonchev–Trinajstić information content (AvgIpc) is 3.29. The second kappa shape index (κ2) is 10.8. The van der Waals surface area contributed by atoms with Crippen molar-refractivity contribution < 1.29 is 32.6 Å². The Morgan fingerprint density at radius 2 is 2.09 bits per heavy atom. The van der Waals surface area contributed by atoms with Crippen LogP contribution < -0.4 is 20.9 Å². The van der Waals surface area contributed by atoms with Crippen LogP contribution >= 0.6 is 7.75 Å². The molecule has 2 N–H and O–H groups in total. The maximum Gasteiger partial charge on any atom is 0.459 e. The number of rotatable bonds is 9. The van der Waals surface area contributed by atoms with Gasteiger partial charge in [-0.05, 0) is 38.1 Å². The molecule has 0 saturated carbocycles. The quantitative estimate of drug-likeness (QED) is 0.375. The van der Waals surface area contributed by atoms with E-state index in [1.54, 1.807) is 0 Å². The number of nitrogens with zero attached hydrogens (tertiary/aromatic N) is 2. The molecule has 0 bridgehead atoms. The molecule has 13 nitrogen and oxygen atoms in total. The number of aryl methyl sites for hydroxylation is 1. The van der Waals surface area contributed by atoms with E-state index in [9.17, 15) is 18.9 Å². The number of H-pyrrole nitrogens is 1. The monoisotopic (exact) mass is 494 g/mol. The highest BCUT2D eigenvalue weighted by molar-refractivity contribution is 7.52. The van der Waals surface area contributed by atoms with Gasteiger partial charge in [-0.25, -0.2) is 9.36 Å². The van der Waals surface area contributed by atoms with Gasteiger partial charge in [-0.1, -0.05) is 0 Å². The third-order valence-electron chi connectivity index (χ3n) is 4.69. The molecule has 1 aromatic carbocycles. The van der Waals surface area contributed by atoms with Gasteiger partial charge in [0, 0.05) is 11.8 Å². The summed E-state index contributed by atoms with van der Waals surface area (Å²) in [6, 6.07) is 6.66. The van der Waals surface area contributed by atoms with Crippen molar-refractivity contribution in [2.24, 2.45) is 0 Å². The number of hydrogen-bond donors (Lipinski definition) is 2. The Labute approximate surface area is 193 Å². The Hall–Kier alpha value is -3.27. The minimum absolute atomic E-state index is 0.0355. The number of carbonyl (C=O) groups is 1.